The van der Waals surface area contributed by atoms with E-state index in [1.807, 2.05) is 17.5 Å². The van der Waals surface area contributed by atoms with Crippen molar-refractivity contribution in [3.05, 3.63) is 90.1 Å². The van der Waals surface area contributed by atoms with Crippen molar-refractivity contribution >= 4 is 31.5 Å². The second-order valence-electron chi connectivity index (χ2n) is 10.3. The van der Waals surface area contributed by atoms with Crippen molar-refractivity contribution in [2.75, 3.05) is 0 Å². The molecule has 0 amide bonds. The molecular weight excluding hydrogens is 430 g/mol. The first-order valence-corrected chi connectivity index (χ1v) is 13.2. The van der Waals surface area contributed by atoms with Crippen molar-refractivity contribution in [2.45, 2.75) is 51.8 Å². The quantitative estimate of drug-likeness (QED) is 0.259. The zero-order valence-corrected chi connectivity index (χ0v) is 20.8. The Morgan fingerprint density at radius 2 is 1.71 bits per heavy atom. The minimum Gasteiger partial charge on any atom is -0.256 e. The van der Waals surface area contributed by atoms with Crippen LogP contribution in [0.3, 0.4) is 0 Å². The molecular formula is C32H31NS. The topological polar surface area (TPSA) is 12.9 Å². The lowest BCUT2D eigenvalue weighted by Gasteiger charge is -2.32. The summed E-state index contributed by atoms with van der Waals surface area (Å²) in [6, 6.07) is 26.3. The Kier molecular flexibility index (Phi) is 5.02. The molecule has 1 fully saturated rings. The van der Waals surface area contributed by atoms with Gasteiger partial charge in [-0.05, 0) is 71.5 Å². The van der Waals surface area contributed by atoms with E-state index in [1.54, 1.807) is 0 Å². The number of fused-ring (bicyclic) bond motifs is 3. The Bertz CT molecular complexity index is 1510. The summed E-state index contributed by atoms with van der Waals surface area (Å²) < 4.78 is 10.4. The summed E-state index contributed by atoms with van der Waals surface area (Å²) in [5.74, 6) is 0.742. The van der Waals surface area contributed by atoms with E-state index >= 15 is 0 Å². The fourth-order valence-corrected chi connectivity index (χ4v) is 7.16. The van der Waals surface area contributed by atoms with Gasteiger partial charge in [0.25, 0.3) is 0 Å². The van der Waals surface area contributed by atoms with Crippen molar-refractivity contribution in [3.63, 3.8) is 0 Å². The van der Waals surface area contributed by atoms with E-state index in [0.717, 1.165) is 17.2 Å². The first kappa shape index (κ1) is 20.4. The van der Waals surface area contributed by atoms with Crippen LogP contribution in [0.1, 0.15) is 52.0 Å². The minimum atomic E-state index is 0.153. The van der Waals surface area contributed by atoms with Crippen LogP contribution in [0.4, 0.5) is 0 Å². The number of thiophene rings is 1. The Morgan fingerprint density at radius 1 is 0.912 bits per heavy atom. The van der Waals surface area contributed by atoms with Crippen LogP contribution < -0.4 is 0 Å². The first-order valence-electron chi connectivity index (χ1n) is 13.1. The number of hydrogen-bond acceptors (Lipinski definition) is 2. The molecule has 3 aromatic carbocycles. The summed E-state index contributed by atoms with van der Waals surface area (Å²) >= 11 is 1.84. The molecule has 34 heavy (non-hydrogen) atoms. The smallest absolute Gasteiger partial charge is 0.0719 e. The van der Waals surface area contributed by atoms with Gasteiger partial charge in [-0.1, -0.05) is 81.3 Å². The molecule has 0 bridgehead atoms. The van der Waals surface area contributed by atoms with E-state index in [9.17, 15) is 0 Å². The van der Waals surface area contributed by atoms with Gasteiger partial charge in [-0.3, -0.25) is 4.98 Å². The van der Waals surface area contributed by atoms with E-state index in [0.29, 0.717) is 6.90 Å². The third kappa shape index (κ3) is 3.56. The van der Waals surface area contributed by atoms with E-state index in [-0.39, 0.29) is 5.41 Å². The number of hydrogen-bond donors (Lipinski definition) is 0. The second kappa shape index (κ2) is 8.36. The first-order chi connectivity index (χ1) is 17.1. The van der Waals surface area contributed by atoms with Crippen molar-refractivity contribution in [1.82, 2.24) is 4.98 Å². The summed E-state index contributed by atoms with van der Waals surface area (Å²) in [5, 5.41) is 2.57. The van der Waals surface area contributed by atoms with Gasteiger partial charge in [-0.15, -0.1) is 11.3 Å². The van der Waals surface area contributed by atoms with E-state index < -0.39 is 0 Å². The molecule has 0 N–H and O–H groups in total. The van der Waals surface area contributed by atoms with Crippen molar-refractivity contribution in [2.24, 2.45) is 5.92 Å². The van der Waals surface area contributed by atoms with Crippen molar-refractivity contribution < 1.29 is 1.37 Å². The minimum absolute atomic E-state index is 0.153. The number of benzene rings is 3. The molecule has 6 rings (SSSR count). The second-order valence-corrected chi connectivity index (χ2v) is 11.3. The maximum atomic E-state index is 7.85. The van der Waals surface area contributed by atoms with Gasteiger partial charge in [0.05, 0.1) is 5.69 Å². The molecule has 2 aromatic heterocycles. The Morgan fingerprint density at radius 3 is 2.50 bits per heavy atom. The molecule has 0 unspecified atom stereocenters. The number of nitrogens with zero attached hydrogens (tertiary/aromatic N) is 1. The third-order valence-corrected chi connectivity index (χ3v) is 9.11. The Hall–Kier alpha value is -2.97. The molecule has 1 aliphatic carbocycles. The summed E-state index contributed by atoms with van der Waals surface area (Å²) in [6.07, 6.45) is 7.37. The van der Waals surface area contributed by atoms with E-state index in [2.05, 4.69) is 86.6 Å². The molecule has 2 heterocycles. The van der Waals surface area contributed by atoms with Gasteiger partial charge in [0, 0.05) is 33.3 Å². The van der Waals surface area contributed by atoms with Crippen LogP contribution in [0.25, 0.3) is 42.6 Å². The molecule has 0 saturated heterocycles. The highest BCUT2D eigenvalue weighted by atomic mass is 32.1. The molecule has 0 atom stereocenters. The molecule has 1 saturated carbocycles. The van der Waals surface area contributed by atoms with Gasteiger partial charge in [0.1, 0.15) is 0 Å². The molecule has 0 radical (unpaired) electrons. The highest BCUT2D eigenvalue weighted by molar-refractivity contribution is 7.26. The summed E-state index contributed by atoms with van der Waals surface area (Å²) in [4.78, 5) is 4.88. The van der Waals surface area contributed by atoms with Gasteiger partial charge in [0.15, 0.2) is 0 Å². The fourth-order valence-electron chi connectivity index (χ4n) is 5.85. The number of aryl methyl sites for hydroxylation is 1. The summed E-state index contributed by atoms with van der Waals surface area (Å²) in [6.45, 7) is 5.14. The predicted molar refractivity (Wildman–Crippen MR) is 148 cm³/mol. The molecule has 0 spiro atoms. The van der Waals surface area contributed by atoms with E-state index in [4.69, 9.17) is 6.35 Å². The average molecular weight is 463 g/mol. The molecule has 2 heteroatoms. The standard InChI is InChI=1S/C32H31NS/c1-21-13-14-27-29(19-21)34-31-26(16-15-25(30(27)31)22-9-5-4-6-10-22)28-20-24(17-18-33-28)32(2,3)23-11-7-8-12-23/h4-6,9-10,13-20,23H,7-8,11-12H2,1-3H3/i1D. The Labute approximate surface area is 207 Å². The highest BCUT2D eigenvalue weighted by Gasteiger charge is 2.33. The van der Waals surface area contributed by atoms with Crippen molar-refractivity contribution in [3.8, 4) is 22.4 Å². The molecule has 170 valence electrons. The summed E-state index contributed by atoms with van der Waals surface area (Å²) in [7, 11) is 0. The van der Waals surface area contributed by atoms with Crippen molar-refractivity contribution in [1.29, 1.82) is 0 Å². The average Bonchev–Trinajstić information content (AvgIpc) is 3.57. The summed E-state index contributed by atoms with van der Waals surface area (Å²) in [5.41, 5.74) is 7.37. The lowest BCUT2D eigenvalue weighted by atomic mass is 9.72. The van der Waals surface area contributed by atoms with Gasteiger partial charge >= 0.3 is 0 Å². The number of rotatable bonds is 4. The molecule has 1 aliphatic rings. The highest BCUT2D eigenvalue weighted by Crippen LogP contribution is 2.46. The van der Waals surface area contributed by atoms with Crippen LogP contribution in [-0.2, 0) is 5.41 Å². The third-order valence-electron chi connectivity index (χ3n) is 7.93. The Balaban J connectivity index is 1.57. The van der Waals surface area contributed by atoms with Gasteiger partial charge < -0.3 is 0 Å². The van der Waals surface area contributed by atoms with Gasteiger partial charge in [0.2, 0.25) is 0 Å². The lowest BCUT2D eigenvalue weighted by molar-refractivity contribution is 0.325. The van der Waals surface area contributed by atoms with Crippen LogP contribution in [0.15, 0.2) is 79.0 Å². The van der Waals surface area contributed by atoms with Crippen LogP contribution >= 0.6 is 11.3 Å². The van der Waals surface area contributed by atoms with Gasteiger partial charge in [-0.25, -0.2) is 0 Å². The zero-order valence-electron chi connectivity index (χ0n) is 21.0. The zero-order chi connectivity index (χ0) is 24.0. The normalized spacial score (nSPS) is 15.3. The lowest BCUT2D eigenvalue weighted by Crippen LogP contribution is -2.26. The fraction of sp³-hybridized carbons (Fsp3) is 0.281. The number of aromatic nitrogens is 1. The van der Waals surface area contributed by atoms with E-state index in [1.165, 1.54) is 68.1 Å². The molecule has 0 aliphatic heterocycles. The molecule has 1 nitrogen and oxygen atoms in total. The van der Waals surface area contributed by atoms with Gasteiger partial charge in [-0.2, -0.15) is 0 Å². The SMILES string of the molecule is [2H]Cc1ccc2c(c1)sc1c(-c3cc(C(C)(C)C4CCCC4)ccn3)ccc(-c3ccccc3)c12. The van der Waals surface area contributed by atoms with Crippen LogP contribution in [0.5, 0.6) is 0 Å². The maximum Gasteiger partial charge on any atom is 0.0719 e. The largest absolute Gasteiger partial charge is 0.256 e. The monoisotopic (exact) mass is 462 g/mol. The number of pyridine rings is 1. The maximum absolute atomic E-state index is 7.85. The van der Waals surface area contributed by atoms with Crippen LogP contribution in [0.2, 0.25) is 0 Å². The molecule has 5 aromatic rings. The van der Waals surface area contributed by atoms with Crippen LogP contribution in [-0.4, -0.2) is 4.98 Å². The van der Waals surface area contributed by atoms with Crippen LogP contribution in [0, 0.1) is 12.8 Å². The predicted octanol–water partition coefficient (Wildman–Crippen LogP) is 9.56.